The van der Waals surface area contributed by atoms with Crippen LogP contribution in [0.2, 0.25) is 0 Å². The zero-order valence-corrected chi connectivity index (χ0v) is 20.6. The van der Waals surface area contributed by atoms with E-state index in [0.717, 1.165) is 51.9 Å². The summed E-state index contributed by atoms with van der Waals surface area (Å²) in [6.45, 7) is 3.32. The van der Waals surface area contributed by atoms with Crippen molar-refractivity contribution in [3.8, 4) is 5.75 Å². The van der Waals surface area contributed by atoms with Crippen LogP contribution in [0.4, 0.5) is 0 Å². The predicted molar refractivity (Wildman–Crippen MR) is 138 cm³/mol. The molecule has 5 nitrogen and oxygen atoms in total. The van der Waals surface area contributed by atoms with Crippen molar-refractivity contribution in [2.75, 3.05) is 33.2 Å². The number of para-hydroxylation sites is 1. The second kappa shape index (κ2) is 10.3. The molecule has 0 aliphatic carbocycles. The van der Waals surface area contributed by atoms with E-state index in [1.807, 2.05) is 42.3 Å². The van der Waals surface area contributed by atoms with Crippen LogP contribution in [0.1, 0.15) is 51.7 Å². The summed E-state index contributed by atoms with van der Waals surface area (Å²) in [5.41, 5.74) is 3.50. The first kappa shape index (κ1) is 23.1. The van der Waals surface area contributed by atoms with E-state index >= 15 is 0 Å². The molecule has 1 unspecified atom stereocenters. The highest BCUT2D eigenvalue weighted by Crippen LogP contribution is 2.38. The van der Waals surface area contributed by atoms with Crippen molar-refractivity contribution < 1.29 is 9.53 Å². The van der Waals surface area contributed by atoms with Gasteiger partial charge in [0, 0.05) is 36.5 Å². The smallest absolute Gasteiger partial charge is 0.257 e. The van der Waals surface area contributed by atoms with E-state index in [-0.39, 0.29) is 17.6 Å². The van der Waals surface area contributed by atoms with Crippen LogP contribution in [-0.4, -0.2) is 44.0 Å². The van der Waals surface area contributed by atoms with Crippen molar-refractivity contribution in [3.63, 3.8) is 0 Å². The number of thiophene rings is 1. The van der Waals surface area contributed by atoms with Gasteiger partial charge in [0.25, 0.3) is 5.91 Å². The van der Waals surface area contributed by atoms with E-state index in [0.29, 0.717) is 11.3 Å². The van der Waals surface area contributed by atoms with Crippen LogP contribution in [0.5, 0.6) is 5.75 Å². The van der Waals surface area contributed by atoms with Crippen molar-refractivity contribution >= 4 is 17.2 Å². The van der Waals surface area contributed by atoms with Gasteiger partial charge in [0.1, 0.15) is 11.9 Å². The molecule has 1 saturated heterocycles. The summed E-state index contributed by atoms with van der Waals surface area (Å²) in [6, 6.07) is 20.6. The molecule has 0 radical (unpaired) electrons. The molecule has 34 heavy (non-hydrogen) atoms. The minimum absolute atomic E-state index is 0.0148. The average molecular weight is 476 g/mol. The zero-order chi connectivity index (χ0) is 23.4. The maximum absolute atomic E-state index is 13.6. The molecular formula is C28H33N3O2S. The van der Waals surface area contributed by atoms with Gasteiger partial charge in [-0.05, 0) is 67.6 Å². The zero-order valence-electron chi connectivity index (χ0n) is 19.8. The first-order valence-electron chi connectivity index (χ1n) is 12.3. The number of ether oxygens (including phenoxy) is 1. The number of benzene rings is 2. The third-order valence-electron chi connectivity index (χ3n) is 7.20. The Morgan fingerprint density at radius 3 is 2.71 bits per heavy atom. The second-order valence-electron chi connectivity index (χ2n) is 9.22. The SMILES string of the molecule is CNCCC(Oc1ccccc1C(=O)N1CCC2(CC1)NCCc1ccccc12)c1cccs1. The summed E-state index contributed by atoms with van der Waals surface area (Å²) in [5.74, 6) is 0.733. The molecule has 1 fully saturated rings. The van der Waals surface area contributed by atoms with Crippen LogP contribution < -0.4 is 15.4 Å². The number of carbonyl (C=O) groups excluding carboxylic acids is 1. The highest BCUT2D eigenvalue weighted by molar-refractivity contribution is 7.10. The maximum atomic E-state index is 13.6. The third-order valence-corrected chi connectivity index (χ3v) is 8.16. The van der Waals surface area contributed by atoms with Crippen LogP contribution in [-0.2, 0) is 12.0 Å². The van der Waals surface area contributed by atoms with E-state index in [9.17, 15) is 4.79 Å². The third kappa shape index (κ3) is 4.63. The normalized spacial score (nSPS) is 17.9. The minimum Gasteiger partial charge on any atom is -0.484 e. The van der Waals surface area contributed by atoms with E-state index in [1.54, 1.807) is 11.3 Å². The lowest BCUT2D eigenvalue weighted by atomic mass is 9.76. The van der Waals surface area contributed by atoms with Gasteiger partial charge in [0.05, 0.1) is 5.56 Å². The number of fused-ring (bicyclic) bond motifs is 2. The standard InChI is InChI=1S/C28H33N3O2S/c1-29-16-13-25(26-11-6-20-34-26)33-24-10-5-3-8-22(24)27(32)31-18-14-28(15-19-31)23-9-4-2-7-21(23)12-17-30-28/h2-11,20,25,29-30H,12-19H2,1H3. The van der Waals surface area contributed by atoms with Crippen molar-refractivity contribution in [1.82, 2.24) is 15.5 Å². The predicted octanol–water partition coefficient (Wildman–Crippen LogP) is 4.75. The van der Waals surface area contributed by atoms with Crippen LogP contribution in [0.15, 0.2) is 66.0 Å². The molecule has 2 aliphatic rings. The fourth-order valence-electron chi connectivity index (χ4n) is 5.35. The average Bonchev–Trinajstić information content (AvgIpc) is 3.42. The molecule has 3 heterocycles. The van der Waals surface area contributed by atoms with E-state index < -0.39 is 0 Å². The Hall–Kier alpha value is -2.67. The molecule has 6 heteroatoms. The fraction of sp³-hybridized carbons (Fsp3) is 0.393. The molecular weight excluding hydrogens is 442 g/mol. The largest absolute Gasteiger partial charge is 0.484 e. The van der Waals surface area contributed by atoms with Gasteiger partial charge in [-0.15, -0.1) is 11.3 Å². The summed E-state index contributed by atoms with van der Waals surface area (Å²) >= 11 is 1.69. The number of amides is 1. The lowest BCUT2D eigenvalue weighted by Crippen LogP contribution is -2.55. The topological polar surface area (TPSA) is 53.6 Å². The van der Waals surface area contributed by atoms with E-state index in [2.05, 4.69) is 46.3 Å². The van der Waals surface area contributed by atoms with Crippen LogP contribution in [0.3, 0.4) is 0 Å². The Labute approximate surface area is 206 Å². The van der Waals surface area contributed by atoms with Crippen molar-refractivity contribution in [3.05, 3.63) is 87.6 Å². The molecule has 1 spiro atoms. The maximum Gasteiger partial charge on any atom is 0.257 e. The van der Waals surface area contributed by atoms with Crippen LogP contribution in [0, 0.1) is 0 Å². The number of hydrogen-bond donors (Lipinski definition) is 2. The number of piperidine rings is 1. The summed E-state index contributed by atoms with van der Waals surface area (Å²) in [6.07, 6.45) is 3.70. The fourth-order valence-corrected chi connectivity index (χ4v) is 6.14. The van der Waals surface area contributed by atoms with Gasteiger partial charge in [0.2, 0.25) is 0 Å². The molecule has 2 aromatic carbocycles. The van der Waals surface area contributed by atoms with Crippen molar-refractivity contribution in [2.45, 2.75) is 37.3 Å². The molecule has 0 bridgehead atoms. The van der Waals surface area contributed by atoms with E-state index in [4.69, 9.17) is 4.74 Å². The molecule has 1 amide bonds. The minimum atomic E-state index is -0.0750. The Morgan fingerprint density at radius 1 is 1.12 bits per heavy atom. The summed E-state index contributed by atoms with van der Waals surface area (Å²) in [7, 11) is 1.95. The van der Waals surface area contributed by atoms with E-state index in [1.165, 1.54) is 16.0 Å². The Bertz CT molecular complexity index is 1110. The molecule has 2 aliphatic heterocycles. The number of nitrogens with zero attached hydrogens (tertiary/aromatic N) is 1. The first-order valence-corrected chi connectivity index (χ1v) is 13.1. The van der Waals surface area contributed by atoms with Gasteiger partial charge in [-0.25, -0.2) is 0 Å². The van der Waals surface area contributed by atoms with Crippen molar-refractivity contribution in [2.24, 2.45) is 0 Å². The van der Waals surface area contributed by atoms with Gasteiger partial charge in [-0.1, -0.05) is 42.5 Å². The Balaban J connectivity index is 1.32. The van der Waals surface area contributed by atoms with Gasteiger partial charge >= 0.3 is 0 Å². The highest BCUT2D eigenvalue weighted by atomic mass is 32.1. The molecule has 2 N–H and O–H groups in total. The quantitative estimate of drug-likeness (QED) is 0.518. The Morgan fingerprint density at radius 2 is 1.91 bits per heavy atom. The number of likely N-dealkylation sites (tertiary alicyclic amines) is 1. The van der Waals surface area contributed by atoms with Gasteiger partial charge in [0.15, 0.2) is 0 Å². The second-order valence-corrected chi connectivity index (χ2v) is 10.2. The lowest BCUT2D eigenvalue weighted by Gasteiger charge is -2.46. The first-order chi connectivity index (χ1) is 16.7. The lowest BCUT2D eigenvalue weighted by molar-refractivity contribution is 0.0623. The van der Waals surface area contributed by atoms with Crippen LogP contribution >= 0.6 is 11.3 Å². The Kier molecular flexibility index (Phi) is 6.99. The summed E-state index contributed by atoms with van der Waals surface area (Å²) < 4.78 is 6.47. The van der Waals surface area contributed by atoms with Crippen LogP contribution in [0.25, 0.3) is 0 Å². The molecule has 0 saturated carbocycles. The number of carbonyl (C=O) groups is 1. The monoisotopic (exact) mass is 475 g/mol. The van der Waals surface area contributed by atoms with Crippen molar-refractivity contribution in [1.29, 1.82) is 0 Å². The number of rotatable bonds is 7. The summed E-state index contributed by atoms with van der Waals surface area (Å²) in [4.78, 5) is 16.8. The van der Waals surface area contributed by atoms with Gasteiger partial charge < -0.3 is 20.3 Å². The molecule has 178 valence electrons. The molecule has 1 atom stereocenters. The molecule has 5 rings (SSSR count). The number of hydrogen-bond acceptors (Lipinski definition) is 5. The molecule has 3 aromatic rings. The highest BCUT2D eigenvalue weighted by Gasteiger charge is 2.40. The summed E-state index contributed by atoms with van der Waals surface area (Å²) in [5, 5.41) is 9.08. The van der Waals surface area contributed by atoms with Gasteiger partial charge in [-0.3, -0.25) is 4.79 Å². The van der Waals surface area contributed by atoms with Gasteiger partial charge in [-0.2, -0.15) is 0 Å². The molecule has 1 aromatic heterocycles. The number of nitrogens with one attached hydrogen (secondary N) is 2.